The number of carbonyl (C=O) groups is 2. The van der Waals surface area contributed by atoms with Crippen molar-refractivity contribution in [1.82, 2.24) is 15.5 Å². The molecule has 0 unspecified atom stereocenters. The van der Waals surface area contributed by atoms with Gasteiger partial charge in [0, 0.05) is 25.9 Å². The van der Waals surface area contributed by atoms with Gasteiger partial charge in [0.2, 0.25) is 0 Å². The van der Waals surface area contributed by atoms with E-state index in [0.29, 0.717) is 32.5 Å². The second-order valence-electron chi connectivity index (χ2n) is 6.68. The van der Waals surface area contributed by atoms with E-state index in [1.165, 1.54) is 5.56 Å². The van der Waals surface area contributed by atoms with Crippen molar-refractivity contribution in [3.8, 4) is 0 Å². The van der Waals surface area contributed by atoms with Gasteiger partial charge in [-0.15, -0.1) is 0 Å². The van der Waals surface area contributed by atoms with Crippen molar-refractivity contribution in [2.45, 2.75) is 44.8 Å². The first-order chi connectivity index (χ1) is 11.5. The van der Waals surface area contributed by atoms with E-state index in [9.17, 15) is 9.59 Å². The highest BCUT2D eigenvalue weighted by Gasteiger charge is 2.43. The molecule has 24 heavy (non-hydrogen) atoms. The molecule has 1 spiro atoms. The third kappa shape index (κ3) is 3.47. The number of nitrogens with zero attached hydrogens (tertiary/aromatic N) is 1. The second-order valence-corrected chi connectivity index (χ2v) is 6.68. The lowest BCUT2D eigenvalue weighted by Crippen LogP contribution is -2.51. The summed E-state index contributed by atoms with van der Waals surface area (Å²) in [6, 6.07) is 8.24. The normalized spacial score (nSPS) is 20.4. The number of urea groups is 1. The van der Waals surface area contributed by atoms with Gasteiger partial charge in [-0.05, 0) is 24.5 Å². The summed E-state index contributed by atoms with van der Waals surface area (Å²) in [5.41, 5.74) is 1.97. The maximum absolute atomic E-state index is 12.5. The first-order valence-corrected chi connectivity index (χ1v) is 8.62. The topological polar surface area (TPSA) is 70.7 Å². The number of rotatable bonds is 3. The van der Waals surface area contributed by atoms with Crippen molar-refractivity contribution >= 4 is 12.1 Å². The Bertz CT molecular complexity index is 606. The molecule has 2 N–H and O–H groups in total. The van der Waals surface area contributed by atoms with Gasteiger partial charge in [0.25, 0.3) is 0 Å². The van der Waals surface area contributed by atoms with Crippen LogP contribution in [0.1, 0.15) is 43.9 Å². The molecule has 130 valence electrons. The fourth-order valence-electron chi connectivity index (χ4n) is 3.30. The summed E-state index contributed by atoms with van der Waals surface area (Å²) in [7, 11) is 0. The monoisotopic (exact) mass is 331 g/mol. The van der Waals surface area contributed by atoms with Crippen LogP contribution in [0.25, 0.3) is 0 Å². The predicted octanol–water partition coefficient (Wildman–Crippen LogP) is 2.59. The third-order valence-corrected chi connectivity index (χ3v) is 5.05. The molecular weight excluding hydrogens is 306 g/mol. The van der Waals surface area contributed by atoms with Crippen molar-refractivity contribution in [3.05, 3.63) is 35.4 Å². The molecule has 3 amide bonds. The van der Waals surface area contributed by atoms with Crippen molar-refractivity contribution in [1.29, 1.82) is 0 Å². The summed E-state index contributed by atoms with van der Waals surface area (Å²) < 4.78 is 5.38. The van der Waals surface area contributed by atoms with Crippen LogP contribution in [0, 0.1) is 0 Å². The molecular formula is C18H25N3O3. The Labute approximate surface area is 142 Å². The smallest absolute Gasteiger partial charge is 0.407 e. The van der Waals surface area contributed by atoms with Crippen LogP contribution in [-0.4, -0.2) is 42.3 Å². The number of hydrogen-bond acceptors (Lipinski definition) is 3. The lowest BCUT2D eigenvalue weighted by atomic mass is 9.92. The number of aryl methyl sites for hydroxylation is 1. The number of alkyl carbamates (subject to hydrolysis) is 1. The summed E-state index contributed by atoms with van der Waals surface area (Å²) >= 11 is 0. The minimum absolute atomic E-state index is 0.0368. The van der Waals surface area contributed by atoms with Gasteiger partial charge in [-0.3, -0.25) is 0 Å². The van der Waals surface area contributed by atoms with E-state index >= 15 is 0 Å². The Morgan fingerprint density at radius 1 is 1.33 bits per heavy atom. The molecule has 0 saturated carbocycles. The highest BCUT2D eigenvalue weighted by molar-refractivity contribution is 5.75. The van der Waals surface area contributed by atoms with Crippen molar-refractivity contribution in [2.24, 2.45) is 0 Å². The van der Waals surface area contributed by atoms with Gasteiger partial charge in [0.05, 0.1) is 12.6 Å². The predicted molar refractivity (Wildman–Crippen MR) is 90.8 cm³/mol. The van der Waals surface area contributed by atoms with Crippen LogP contribution in [0.2, 0.25) is 0 Å². The van der Waals surface area contributed by atoms with Crippen molar-refractivity contribution in [2.75, 3.05) is 19.6 Å². The zero-order valence-corrected chi connectivity index (χ0v) is 14.3. The molecule has 2 aliphatic heterocycles. The summed E-state index contributed by atoms with van der Waals surface area (Å²) in [4.78, 5) is 25.5. The van der Waals surface area contributed by atoms with Crippen molar-refractivity contribution in [3.63, 3.8) is 0 Å². The lowest BCUT2D eigenvalue weighted by Gasteiger charge is -2.37. The molecule has 2 heterocycles. The molecule has 6 heteroatoms. The molecule has 2 saturated heterocycles. The Morgan fingerprint density at radius 2 is 2.00 bits per heavy atom. The first-order valence-electron chi connectivity index (χ1n) is 8.62. The average Bonchev–Trinajstić information content (AvgIpc) is 2.95. The molecule has 1 atom stereocenters. The van der Waals surface area contributed by atoms with Crippen molar-refractivity contribution < 1.29 is 14.3 Å². The zero-order chi connectivity index (χ0) is 17.2. The summed E-state index contributed by atoms with van der Waals surface area (Å²) in [5, 5.41) is 5.76. The van der Waals surface area contributed by atoms with Crippen LogP contribution < -0.4 is 10.6 Å². The fourth-order valence-corrected chi connectivity index (χ4v) is 3.30. The Hall–Kier alpha value is -2.24. The third-order valence-electron chi connectivity index (χ3n) is 5.05. The van der Waals surface area contributed by atoms with E-state index in [-0.39, 0.29) is 18.2 Å². The van der Waals surface area contributed by atoms with E-state index < -0.39 is 5.60 Å². The van der Waals surface area contributed by atoms with Crippen LogP contribution in [0.15, 0.2) is 24.3 Å². The number of hydrogen-bond donors (Lipinski definition) is 2. The van der Waals surface area contributed by atoms with Crippen LogP contribution in [-0.2, 0) is 11.2 Å². The number of ether oxygens (including phenoxy) is 1. The van der Waals surface area contributed by atoms with Gasteiger partial charge in [0.15, 0.2) is 0 Å². The maximum Gasteiger partial charge on any atom is 0.407 e. The quantitative estimate of drug-likeness (QED) is 0.894. The Kier molecular flexibility index (Phi) is 4.64. The van der Waals surface area contributed by atoms with E-state index in [1.54, 1.807) is 4.90 Å². The van der Waals surface area contributed by atoms with Gasteiger partial charge in [-0.2, -0.15) is 0 Å². The van der Waals surface area contributed by atoms with E-state index in [2.05, 4.69) is 41.8 Å². The van der Waals surface area contributed by atoms with Gasteiger partial charge in [-0.25, -0.2) is 9.59 Å². The lowest BCUT2D eigenvalue weighted by molar-refractivity contribution is 0.00959. The largest absolute Gasteiger partial charge is 0.441 e. The minimum atomic E-state index is -0.421. The molecule has 0 bridgehead atoms. The SMILES string of the molecule is CCc1ccc([C@@H](C)NC(=O)N2CCC3(CC2)CNC(=O)O3)cc1. The molecule has 1 aromatic carbocycles. The van der Waals surface area contributed by atoms with E-state index in [1.807, 2.05) is 6.92 Å². The molecule has 0 radical (unpaired) electrons. The van der Waals surface area contributed by atoms with Crippen LogP contribution in [0.4, 0.5) is 9.59 Å². The Balaban J connectivity index is 1.52. The Morgan fingerprint density at radius 3 is 2.54 bits per heavy atom. The molecule has 0 aliphatic carbocycles. The first kappa shape index (κ1) is 16.6. The summed E-state index contributed by atoms with van der Waals surface area (Å²) in [5.74, 6) is 0. The van der Waals surface area contributed by atoms with Crippen LogP contribution in [0.5, 0.6) is 0 Å². The van der Waals surface area contributed by atoms with E-state index in [4.69, 9.17) is 4.74 Å². The van der Waals surface area contributed by atoms with Gasteiger partial charge in [0.1, 0.15) is 5.60 Å². The molecule has 6 nitrogen and oxygen atoms in total. The summed E-state index contributed by atoms with van der Waals surface area (Å²) in [6.45, 7) is 5.86. The highest BCUT2D eigenvalue weighted by Crippen LogP contribution is 2.29. The minimum Gasteiger partial charge on any atom is -0.441 e. The van der Waals surface area contributed by atoms with Crippen LogP contribution >= 0.6 is 0 Å². The van der Waals surface area contributed by atoms with Gasteiger partial charge >= 0.3 is 12.1 Å². The van der Waals surface area contributed by atoms with Crippen LogP contribution in [0.3, 0.4) is 0 Å². The average molecular weight is 331 g/mol. The summed E-state index contributed by atoms with van der Waals surface area (Å²) in [6.07, 6.45) is 2.02. The molecule has 0 aromatic heterocycles. The number of likely N-dealkylation sites (tertiary alicyclic amines) is 1. The maximum atomic E-state index is 12.5. The van der Waals surface area contributed by atoms with E-state index in [0.717, 1.165) is 12.0 Å². The zero-order valence-electron chi connectivity index (χ0n) is 14.3. The van der Waals surface area contributed by atoms with Gasteiger partial charge < -0.3 is 20.3 Å². The second kappa shape index (κ2) is 6.71. The van der Waals surface area contributed by atoms with Gasteiger partial charge in [-0.1, -0.05) is 31.2 Å². The molecule has 3 rings (SSSR count). The number of carbonyl (C=O) groups excluding carboxylic acids is 2. The number of amides is 3. The standard InChI is InChI=1S/C18H25N3O3/c1-3-14-4-6-15(7-5-14)13(2)20-16(22)21-10-8-18(9-11-21)12-19-17(23)24-18/h4-7,13H,3,8-12H2,1-2H3,(H,19,23)(H,20,22)/t13-/m1/s1. The molecule has 1 aromatic rings. The number of nitrogens with one attached hydrogen (secondary N) is 2. The number of benzene rings is 1. The number of piperidine rings is 1. The highest BCUT2D eigenvalue weighted by atomic mass is 16.6. The fraction of sp³-hybridized carbons (Fsp3) is 0.556. The molecule has 2 fully saturated rings. The molecule has 2 aliphatic rings.